The molecule has 0 spiro atoms. The first-order chi connectivity index (χ1) is 9.17. The van der Waals surface area contributed by atoms with E-state index in [1.807, 2.05) is 11.8 Å². The molecule has 0 amide bonds. The summed E-state index contributed by atoms with van der Waals surface area (Å²) in [5, 5.41) is 0. The molecule has 4 atom stereocenters. The van der Waals surface area contributed by atoms with Crippen LogP contribution in [0.4, 0.5) is 0 Å². The molecular weight excluding hydrogens is 256 g/mol. The van der Waals surface area contributed by atoms with E-state index in [1.165, 1.54) is 17.7 Å². The molecule has 2 aliphatic rings. The van der Waals surface area contributed by atoms with Gasteiger partial charge in [0, 0.05) is 10.6 Å². The van der Waals surface area contributed by atoms with Crippen LogP contribution in [0.3, 0.4) is 0 Å². The lowest BCUT2D eigenvalue weighted by atomic mass is 9.73. The SMILES string of the molecule is CC1CCC2CC1OO[C@@]2(C)CSc1ccccc1. The van der Waals surface area contributed by atoms with E-state index in [-0.39, 0.29) is 5.60 Å². The summed E-state index contributed by atoms with van der Waals surface area (Å²) in [7, 11) is 0. The van der Waals surface area contributed by atoms with Gasteiger partial charge in [0.1, 0.15) is 5.60 Å². The van der Waals surface area contributed by atoms with Gasteiger partial charge in [-0.15, -0.1) is 11.8 Å². The van der Waals surface area contributed by atoms with Gasteiger partial charge < -0.3 is 0 Å². The Labute approximate surface area is 119 Å². The first-order valence-corrected chi connectivity index (χ1v) is 8.18. The highest BCUT2D eigenvalue weighted by Crippen LogP contribution is 2.45. The highest BCUT2D eigenvalue weighted by Gasteiger charge is 2.46. The van der Waals surface area contributed by atoms with Crippen molar-refractivity contribution >= 4 is 11.8 Å². The zero-order valence-electron chi connectivity index (χ0n) is 11.7. The van der Waals surface area contributed by atoms with Gasteiger partial charge in [-0.3, -0.25) is 0 Å². The molecule has 0 radical (unpaired) electrons. The summed E-state index contributed by atoms with van der Waals surface area (Å²) in [5.41, 5.74) is -0.142. The number of fused-ring (bicyclic) bond motifs is 2. The lowest BCUT2D eigenvalue weighted by Gasteiger charge is -2.47. The quantitative estimate of drug-likeness (QED) is 0.606. The van der Waals surface area contributed by atoms with Crippen molar-refractivity contribution in [3.05, 3.63) is 30.3 Å². The van der Waals surface area contributed by atoms with Gasteiger partial charge in [-0.2, -0.15) is 0 Å². The maximum atomic E-state index is 5.80. The smallest absolute Gasteiger partial charge is 0.113 e. The standard InChI is InChI=1S/C16H22O2S/c1-12-8-9-13-10-15(12)17-18-16(13,2)11-19-14-6-4-3-5-7-14/h3-7,12-13,15H,8-11H2,1-2H3/t12?,13?,15?,16-/m0/s1. The Morgan fingerprint density at radius 2 is 2.05 bits per heavy atom. The summed E-state index contributed by atoms with van der Waals surface area (Å²) in [6, 6.07) is 10.5. The molecule has 3 unspecified atom stereocenters. The Hall–Kier alpha value is -0.510. The fourth-order valence-corrected chi connectivity index (χ4v) is 4.18. The predicted molar refractivity (Wildman–Crippen MR) is 78.0 cm³/mol. The summed E-state index contributed by atoms with van der Waals surface area (Å²) in [6.07, 6.45) is 4.01. The third-order valence-electron chi connectivity index (χ3n) is 4.62. The number of benzene rings is 1. The van der Waals surface area contributed by atoms with Crippen LogP contribution in [0.15, 0.2) is 35.2 Å². The van der Waals surface area contributed by atoms with Crippen molar-refractivity contribution in [2.24, 2.45) is 11.8 Å². The second-order valence-corrected chi connectivity index (χ2v) is 7.17. The first-order valence-electron chi connectivity index (χ1n) is 7.20. The van der Waals surface area contributed by atoms with Crippen LogP contribution >= 0.6 is 11.8 Å². The summed E-state index contributed by atoms with van der Waals surface area (Å²) < 4.78 is 0. The number of thioether (sulfide) groups is 1. The molecule has 2 nitrogen and oxygen atoms in total. The molecule has 1 aliphatic carbocycles. The summed E-state index contributed by atoms with van der Waals surface area (Å²) in [6.45, 7) is 4.48. The molecule has 1 saturated carbocycles. The fraction of sp³-hybridized carbons (Fsp3) is 0.625. The zero-order chi connectivity index (χ0) is 13.3. The minimum absolute atomic E-state index is 0.142. The van der Waals surface area contributed by atoms with Crippen LogP contribution in [0.5, 0.6) is 0 Å². The summed E-state index contributed by atoms with van der Waals surface area (Å²) in [5.74, 6) is 2.24. The Kier molecular flexibility index (Phi) is 3.88. The fourth-order valence-electron chi connectivity index (χ4n) is 3.09. The zero-order valence-corrected chi connectivity index (χ0v) is 12.5. The molecule has 2 bridgehead atoms. The monoisotopic (exact) mass is 278 g/mol. The molecule has 3 rings (SSSR count). The molecular formula is C16H22O2S. The van der Waals surface area contributed by atoms with Crippen LogP contribution in [-0.4, -0.2) is 17.5 Å². The van der Waals surface area contributed by atoms with E-state index in [1.54, 1.807) is 0 Å². The van der Waals surface area contributed by atoms with Crippen molar-refractivity contribution in [3.8, 4) is 0 Å². The Morgan fingerprint density at radius 3 is 2.84 bits per heavy atom. The molecule has 1 aliphatic heterocycles. The molecule has 3 heteroatoms. The number of hydrogen-bond donors (Lipinski definition) is 0. The van der Waals surface area contributed by atoms with Crippen LogP contribution in [0.25, 0.3) is 0 Å². The van der Waals surface area contributed by atoms with Gasteiger partial charge in [0.2, 0.25) is 0 Å². The van der Waals surface area contributed by atoms with Crippen LogP contribution in [0.2, 0.25) is 0 Å². The van der Waals surface area contributed by atoms with Crippen LogP contribution in [0.1, 0.15) is 33.1 Å². The van der Waals surface area contributed by atoms with E-state index in [0.29, 0.717) is 17.9 Å². The van der Waals surface area contributed by atoms with E-state index in [0.717, 1.165) is 12.2 Å². The molecule has 1 aromatic rings. The Morgan fingerprint density at radius 1 is 1.26 bits per heavy atom. The summed E-state index contributed by atoms with van der Waals surface area (Å²) >= 11 is 1.87. The second-order valence-electron chi connectivity index (χ2n) is 6.12. The van der Waals surface area contributed by atoms with Crippen molar-refractivity contribution in [1.29, 1.82) is 0 Å². The van der Waals surface area contributed by atoms with E-state index in [4.69, 9.17) is 9.78 Å². The van der Waals surface area contributed by atoms with Crippen LogP contribution in [0, 0.1) is 11.8 Å². The topological polar surface area (TPSA) is 18.5 Å². The normalized spacial score (nSPS) is 38.1. The van der Waals surface area contributed by atoms with Crippen molar-refractivity contribution in [2.75, 3.05) is 5.75 Å². The van der Waals surface area contributed by atoms with Gasteiger partial charge in [0.15, 0.2) is 0 Å². The average Bonchev–Trinajstić information content (AvgIpc) is 2.45. The average molecular weight is 278 g/mol. The van der Waals surface area contributed by atoms with Gasteiger partial charge in [-0.25, -0.2) is 9.78 Å². The van der Waals surface area contributed by atoms with Crippen molar-refractivity contribution in [2.45, 2.75) is 49.7 Å². The van der Waals surface area contributed by atoms with Crippen molar-refractivity contribution in [3.63, 3.8) is 0 Å². The van der Waals surface area contributed by atoms with Gasteiger partial charge >= 0.3 is 0 Å². The Balaban J connectivity index is 1.64. The maximum Gasteiger partial charge on any atom is 0.113 e. The lowest BCUT2D eigenvalue weighted by Crippen LogP contribution is -2.51. The van der Waals surface area contributed by atoms with E-state index in [9.17, 15) is 0 Å². The van der Waals surface area contributed by atoms with Crippen LogP contribution in [-0.2, 0) is 9.78 Å². The third-order valence-corrected chi connectivity index (χ3v) is 5.94. The molecule has 1 heterocycles. The van der Waals surface area contributed by atoms with Crippen molar-refractivity contribution < 1.29 is 9.78 Å². The summed E-state index contributed by atoms with van der Waals surface area (Å²) in [4.78, 5) is 12.8. The second kappa shape index (κ2) is 5.47. The van der Waals surface area contributed by atoms with E-state index < -0.39 is 0 Å². The largest absolute Gasteiger partial charge is 0.233 e. The predicted octanol–water partition coefficient (Wildman–Crippen LogP) is 4.30. The van der Waals surface area contributed by atoms with Crippen LogP contribution < -0.4 is 0 Å². The third kappa shape index (κ3) is 2.83. The molecule has 1 saturated heterocycles. The van der Waals surface area contributed by atoms with Gasteiger partial charge in [-0.05, 0) is 50.2 Å². The molecule has 2 fully saturated rings. The molecule has 0 aromatic heterocycles. The lowest BCUT2D eigenvalue weighted by molar-refractivity contribution is -0.427. The Bertz CT molecular complexity index is 422. The van der Waals surface area contributed by atoms with Crippen molar-refractivity contribution in [1.82, 2.24) is 0 Å². The molecule has 104 valence electrons. The van der Waals surface area contributed by atoms with Gasteiger partial charge in [0.05, 0.1) is 6.10 Å². The minimum atomic E-state index is -0.142. The molecule has 1 aromatic carbocycles. The van der Waals surface area contributed by atoms with Gasteiger partial charge in [-0.1, -0.05) is 25.1 Å². The van der Waals surface area contributed by atoms with Gasteiger partial charge in [0.25, 0.3) is 0 Å². The number of rotatable bonds is 3. The first kappa shape index (κ1) is 13.5. The van der Waals surface area contributed by atoms with E-state index >= 15 is 0 Å². The number of hydrogen-bond acceptors (Lipinski definition) is 3. The molecule has 19 heavy (non-hydrogen) atoms. The minimum Gasteiger partial charge on any atom is -0.233 e. The molecule has 0 N–H and O–H groups in total. The van der Waals surface area contributed by atoms with E-state index in [2.05, 4.69) is 44.2 Å². The maximum absolute atomic E-state index is 5.80. The highest BCUT2D eigenvalue weighted by atomic mass is 32.2. The highest BCUT2D eigenvalue weighted by molar-refractivity contribution is 7.99.